The number of aromatic nitrogens is 2. The number of nitrogens with zero attached hydrogens (tertiary/aromatic N) is 2. The Labute approximate surface area is 162 Å². The van der Waals surface area contributed by atoms with Crippen LogP contribution in [0.15, 0.2) is 48.5 Å². The van der Waals surface area contributed by atoms with Crippen LogP contribution in [-0.4, -0.2) is 22.9 Å². The van der Waals surface area contributed by atoms with Gasteiger partial charge in [0.05, 0.1) is 11.4 Å². The van der Waals surface area contributed by atoms with Gasteiger partial charge in [-0.1, -0.05) is 12.1 Å². The average molecular weight is 410 g/mol. The minimum Gasteiger partial charge on any atom is -0.406 e. The van der Waals surface area contributed by atoms with E-state index in [2.05, 4.69) is 25.3 Å². The van der Waals surface area contributed by atoms with E-state index in [1.54, 1.807) is 6.92 Å². The molecule has 0 atom stereocenters. The van der Waals surface area contributed by atoms with Gasteiger partial charge in [-0.25, -0.2) is 13.8 Å². The molecule has 1 aromatic heterocycles. The van der Waals surface area contributed by atoms with E-state index in [4.69, 9.17) is 0 Å². The molecule has 0 radical (unpaired) electrons. The molecule has 3 aromatic rings. The van der Waals surface area contributed by atoms with Crippen LogP contribution in [-0.2, 0) is 0 Å². The van der Waals surface area contributed by atoms with Gasteiger partial charge in [-0.3, -0.25) is 0 Å². The van der Waals surface area contributed by atoms with Crippen LogP contribution < -0.4 is 15.4 Å². The molecule has 0 aliphatic rings. The lowest BCUT2D eigenvalue weighted by Gasteiger charge is -2.13. The predicted octanol–water partition coefficient (Wildman–Crippen LogP) is 5.50. The normalized spacial score (nSPS) is 11.2. The molecule has 1 heterocycles. The van der Waals surface area contributed by atoms with E-state index in [1.165, 1.54) is 18.2 Å². The van der Waals surface area contributed by atoms with Crippen LogP contribution in [0.4, 0.5) is 39.4 Å². The molecule has 2 N–H and O–H groups in total. The topological polar surface area (TPSA) is 59.1 Å². The maximum atomic E-state index is 13.9. The maximum Gasteiger partial charge on any atom is 0.573 e. The Hall–Kier alpha value is -3.43. The first-order valence-electron chi connectivity index (χ1n) is 8.44. The van der Waals surface area contributed by atoms with Gasteiger partial charge in [-0.15, -0.1) is 13.2 Å². The Balaban J connectivity index is 1.99. The number of halogens is 5. The maximum absolute atomic E-state index is 13.9. The standard InChI is InChI=1S/C19H15F5N4O/c1-2-25-18-27-15(11-4-3-5-13(8-11)29-19(22,23)24)10-17(28-18)26-16-9-12(20)6-7-14(16)21/h3-10H,2H2,1H3,(H2,25,26,27,28). The van der Waals surface area contributed by atoms with Crippen molar-refractivity contribution < 1.29 is 26.7 Å². The summed E-state index contributed by atoms with van der Waals surface area (Å²) in [7, 11) is 0. The largest absolute Gasteiger partial charge is 0.573 e. The zero-order valence-corrected chi connectivity index (χ0v) is 15.0. The van der Waals surface area contributed by atoms with E-state index < -0.39 is 23.7 Å². The first-order valence-corrected chi connectivity index (χ1v) is 8.44. The van der Waals surface area contributed by atoms with Crippen molar-refractivity contribution in [1.82, 2.24) is 9.97 Å². The van der Waals surface area contributed by atoms with Crippen LogP contribution in [0.25, 0.3) is 11.3 Å². The zero-order chi connectivity index (χ0) is 21.0. The minimum atomic E-state index is -4.83. The van der Waals surface area contributed by atoms with Crippen molar-refractivity contribution in [3.8, 4) is 17.0 Å². The molecule has 0 saturated heterocycles. The minimum absolute atomic E-state index is 0.123. The summed E-state index contributed by atoms with van der Waals surface area (Å²) in [6, 6.07) is 9.53. The number of nitrogens with one attached hydrogen (secondary N) is 2. The highest BCUT2D eigenvalue weighted by Gasteiger charge is 2.31. The first-order chi connectivity index (χ1) is 13.7. The third-order valence-electron chi connectivity index (χ3n) is 3.62. The number of alkyl halides is 3. The fourth-order valence-corrected chi connectivity index (χ4v) is 2.48. The molecular formula is C19H15F5N4O. The lowest BCUT2D eigenvalue weighted by atomic mass is 10.1. The Morgan fingerprint density at radius 2 is 1.79 bits per heavy atom. The Bertz CT molecular complexity index is 1010. The highest BCUT2D eigenvalue weighted by Crippen LogP contribution is 2.29. The molecule has 152 valence electrons. The van der Waals surface area contributed by atoms with E-state index >= 15 is 0 Å². The van der Waals surface area contributed by atoms with E-state index in [9.17, 15) is 22.0 Å². The average Bonchev–Trinajstić information content (AvgIpc) is 2.64. The van der Waals surface area contributed by atoms with Crippen molar-refractivity contribution in [2.45, 2.75) is 13.3 Å². The predicted molar refractivity (Wildman–Crippen MR) is 98.0 cm³/mol. The van der Waals surface area contributed by atoms with Gasteiger partial charge in [-0.2, -0.15) is 4.98 Å². The number of hydrogen-bond donors (Lipinski definition) is 2. The van der Waals surface area contributed by atoms with Crippen molar-refractivity contribution in [2.75, 3.05) is 17.2 Å². The Kier molecular flexibility index (Phi) is 5.81. The van der Waals surface area contributed by atoms with Gasteiger partial charge in [-0.05, 0) is 31.2 Å². The van der Waals surface area contributed by atoms with Crippen LogP contribution in [0.5, 0.6) is 5.75 Å². The summed E-state index contributed by atoms with van der Waals surface area (Å²) in [5.74, 6) is -1.47. The second-order valence-corrected chi connectivity index (χ2v) is 5.82. The van der Waals surface area contributed by atoms with E-state index in [0.717, 1.165) is 30.3 Å². The molecule has 0 spiro atoms. The molecule has 0 unspecified atom stereocenters. The van der Waals surface area contributed by atoms with Crippen LogP contribution in [0.3, 0.4) is 0 Å². The summed E-state index contributed by atoms with van der Waals surface area (Å²) in [4.78, 5) is 8.41. The third-order valence-corrected chi connectivity index (χ3v) is 3.62. The molecule has 0 saturated carbocycles. The van der Waals surface area contributed by atoms with Crippen molar-refractivity contribution in [3.05, 3.63) is 60.2 Å². The van der Waals surface area contributed by atoms with Crippen LogP contribution in [0, 0.1) is 11.6 Å². The molecular weight excluding hydrogens is 395 g/mol. The van der Waals surface area contributed by atoms with Crippen molar-refractivity contribution in [2.24, 2.45) is 0 Å². The summed E-state index contributed by atoms with van der Waals surface area (Å²) in [5, 5.41) is 5.54. The van der Waals surface area contributed by atoms with E-state index in [0.29, 0.717) is 12.1 Å². The number of benzene rings is 2. The highest BCUT2D eigenvalue weighted by atomic mass is 19.4. The zero-order valence-electron chi connectivity index (χ0n) is 15.0. The Morgan fingerprint density at radius 3 is 2.52 bits per heavy atom. The summed E-state index contributed by atoms with van der Waals surface area (Å²) in [6.45, 7) is 2.27. The summed E-state index contributed by atoms with van der Waals surface area (Å²) < 4.78 is 68.7. The quantitative estimate of drug-likeness (QED) is 0.526. The smallest absolute Gasteiger partial charge is 0.406 e. The number of ether oxygens (including phenoxy) is 1. The number of rotatable bonds is 6. The first kappa shape index (κ1) is 20.3. The Morgan fingerprint density at radius 1 is 1.00 bits per heavy atom. The number of hydrogen-bond acceptors (Lipinski definition) is 5. The molecule has 0 fully saturated rings. The van der Waals surface area contributed by atoms with Crippen molar-refractivity contribution in [1.29, 1.82) is 0 Å². The van der Waals surface area contributed by atoms with Gasteiger partial charge in [0.15, 0.2) is 0 Å². The summed E-state index contributed by atoms with van der Waals surface area (Å²) in [6.07, 6.45) is -4.83. The third kappa shape index (κ3) is 5.53. The van der Waals surface area contributed by atoms with Gasteiger partial charge >= 0.3 is 6.36 Å². The van der Waals surface area contributed by atoms with E-state index in [1.807, 2.05) is 0 Å². The van der Waals surface area contributed by atoms with E-state index in [-0.39, 0.29) is 23.1 Å². The van der Waals surface area contributed by atoms with Gasteiger partial charge < -0.3 is 15.4 Å². The van der Waals surface area contributed by atoms with Crippen LogP contribution in [0.1, 0.15) is 6.92 Å². The van der Waals surface area contributed by atoms with Gasteiger partial charge in [0, 0.05) is 24.2 Å². The fourth-order valence-electron chi connectivity index (χ4n) is 2.48. The molecule has 0 aliphatic carbocycles. The monoisotopic (exact) mass is 410 g/mol. The molecule has 3 rings (SSSR count). The lowest BCUT2D eigenvalue weighted by molar-refractivity contribution is -0.274. The lowest BCUT2D eigenvalue weighted by Crippen LogP contribution is -2.17. The SMILES string of the molecule is CCNc1nc(Nc2cc(F)ccc2F)cc(-c2cccc(OC(F)(F)F)c2)n1. The summed E-state index contributed by atoms with van der Waals surface area (Å²) >= 11 is 0. The van der Waals surface area contributed by atoms with Crippen LogP contribution in [0.2, 0.25) is 0 Å². The molecule has 10 heteroatoms. The van der Waals surface area contributed by atoms with Gasteiger partial charge in [0.2, 0.25) is 5.95 Å². The van der Waals surface area contributed by atoms with Gasteiger partial charge in [0.25, 0.3) is 0 Å². The molecule has 2 aromatic carbocycles. The highest BCUT2D eigenvalue weighted by molar-refractivity contribution is 5.68. The second kappa shape index (κ2) is 8.29. The van der Waals surface area contributed by atoms with Crippen molar-refractivity contribution in [3.63, 3.8) is 0 Å². The molecule has 0 amide bonds. The molecule has 29 heavy (non-hydrogen) atoms. The number of anilines is 3. The van der Waals surface area contributed by atoms with Gasteiger partial charge in [0.1, 0.15) is 23.2 Å². The second-order valence-electron chi connectivity index (χ2n) is 5.82. The van der Waals surface area contributed by atoms with Crippen molar-refractivity contribution >= 4 is 17.5 Å². The van der Waals surface area contributed by atoms with Crippen LogP contribution >= 0.6 is 0 Å². The molecule has 5 nitrogen and oxygen atoms in total. The molecule has 0 bridgehead atoms. The fraction of sp³-hybridized carbons (Fsp3) is 0.158. The molecule has 0 aliphatic heterocycles. The summed E-state index contributed by atoms with van der Waals surface area (Å²) in [5.41, 5.74) is 0.421.